The standard InChI is InChI=1S/C12H21NO/c1-13(2)8-10-7-6-9-4-3-5-11(9)12(10)14/h9-11H,3-8H2,1-2H3/t9-,10+,11+/m1/s1. The summed E-state index contributed by atoms with van der Waals surface area (Å²) in [5.41, 5.74) is 0. The molecular formula is C12H21NO. The van der Waals surface area contributed by atoms with Crippen LogP contribution in [0.15, 0.2) is 0 Å². The lowest BCUT2D eigenvalue weighted by molar-refractivity contribution is -0.131. The second kappa shape index (κ2) is 4.01. The summed E-state index contributed by atoms with van der Waals surface area (Å²) < 4.78 is 0. The zero-order valence-corrected chi connectivity index (χ0v) is 9.33. The van der Waals surface area contributed by atoms with E-state index in [-0.39, 0.29) is 0 Å². The molecular weight excluding hydrogens is 174 g/mol. The lowest BCUT2D eigenvalue weighted by Crippen LogP contribution is -2.37. The van der Waals surface area contributed by atoms with Gasteiger partial charge in [0.15, 0.2) is 0 Å². The van der Waals surface area contributed by atoms with Gasteiger partial charge >= 0.3 is 0 Å². The van der Waals surface area contributed by atoms with Crippen LogP contribution in [0, 0.1) is 17.8 Å². The predicted octanol–water partition coefficient (Wildman–Crippen LogP) is 1.94. The molecule has 2 fully saturated rings. The van der Waals surface area contributed by atoms with Crippen molar-refractivity contribution in [1.82, 2.24) is 4.90 Å². The Hall–Kier alpha value is -0.370. The van der Waals surface area contributed by atoms with E-state index < -0.39 is 0 Å². The molecule has 0 N–H and O–H groups in total. The number of hydrogen-bond acceptors (Lipinski definition) is 2. The summed E-state index contributed by atoms with van der Waals surface area (Å²) in [4.78, 5) is 14.3. The van der Waals surface area contributed by atoms with E-state index in [4.69, 9.17) is 0 Å². The Morgan fingerprint density at radius 3 is 2.71 bits per heavy atom. The van der Waals surface area contributed by atoms with Crippen molar-refractivity contribution in [2.24, 2.45) is 17.8 Å². The van der Waals surface area contributed by atoms with Crippen LogP contribution in [-0.4, -0.2) is 31.3 Å². The SMILES string of the molecule is CN(C)C[C@@H]1CC[C@H]2CCC[C@@H]2C1=O. The molecule has 0 saturated heterocycles. The number of ketones is 1. The van der Waals surface area contributed by atoms with E-state index in [0.29, 0.717) is 17.6 Å². The van der Waals surface area contributed by atoms with E-state index >= 15 is 0 Å². The second-order valence-electron chi connectivity index (χ2n) is 5.24. The predicted molar refractivity (Wildman–Crippen MR) is 57.1 cm³/mol. The molecule has 0 aliphatic heterocycles. The minimum absolute atomic E-state index is 0.337. The first-order valence-electron chi connectivity index (χ1n) is 5.87. The van der Waals surface area contributed by atoms with Crippen LogP contribution in [0.4, 0.5) is 0 Å². The fraction of sp³-hybridized carbons (Fsp3) is 0.917. The van der Waals surface area contributed by atoms with Gasteiger partial charge in [0.05, 0.1) is 0 Å². The molecule has 0 unspecified atom stereocenters. The molecule has 0 aromatic heterocycles. The van der Waals surface area contributed by atoms with Crippen molar-refractivity contribution in [3.63, 3.8) is 0 Å². The molecule has 2 saturated carbocycles. The highest BCUT2D eigenvalue weighted by Crippen LogP contribution is 2.42. The smallest absolute Gasteiger partial charge is 0.140 e. The van der Waals surface area contributed by atoms with E-state index in [1.807, 2.05) is 0 Å². The van der Waals surface area contributed by atoms with Crippen molar-refractivity contribution in [2.75, 3.05) is 20.6 Å². The number of rotatable bonds is 2. The molecule has 0 aromatic carbocycles. The molecule has 14 heavy (non-hydrogen) atoms. The Morgan fingerprint density at radius 2 is 2.00 bits per heavy atom. The summed E-state index contributed by atoms with van der Waals surface area (Å²) >= 11 is 0. The maximum absolute atomic E-state index is 12.1. The molecule has 0 aromatic rings. The normalized spacial score (nSPS) is 37.6. The van der Waals surface area contributed by atoms with Gasteiger partial charge in [-0.2, -0.15) is 0 Å². The Balaban J connectivity index is 1.98. The number of carbonyl (C=O) groups is 1. The van der Waals surface area contributed by atoms with Crippen LogP contribution in [0.5, 0.6) is 0 Å². The van der Waals surface area contributed by atoms with Gasteiger partial charge in [0.2, 0.25) is 0 Å². The highest BCUT2D eigenvalue weighted by atomic mass is 16.1. The fourth-order valence-corrected chi connectivity index (χ4v) is 3.24. The topological polar surface area (TPSA) is 20.3 Å². The quantitative estimate of drug-likeness (QED) is 0.671. The van der Waals surface area contributed by atoms with E-state index in [0.717, 1.165) is 18.9 Å². The van der Waals surface area contributed by atoms with Crippen molar-refractivity contribution >= 4 is 5.78 Å². The molecule has 0 bridgehead atoms. The highest BCUT2D eigenvalue weighted by molar-refractivity contribution is 5.85. The molecule has 80 valence electrons. The van der Waals surface area contributed by atoms with Crippen LogP contribution in [0.2, 0.25) is 0 Å². The minimum atomic E-state index is 0.337. The first-order valence-corrected chi connectivity index (χ1v) is 5.87. The maximum Gasteiger partial charge on any atom is 0.140 e. The van der Waals surface area contributed by atoms with Crippen LogP contribution in [0.1, 0.15) is 32.1 Å². The molecule has 0 amide bonds. The number of fused-ring (bicyclic) bond motifs is 1. The van der Waals surface area contributed by atoms with Crippen LogP contribution >= 0.6 is 0 Å². The molecule has 2 nitrogen and oxygen atoms in total. The van der Waals surface area contributed by atoms with Crippen molar-refractivity contribution < 1.29 is 4.79 Å². The van der Waals surface area contributed by atoms with Crippen LogP contribution in [0.25, 0.3) is 0 Å². The Kier molecular flexibility index (Phi) is 2.91. The molecule has 2 aliphatic carbocycles. The van der Waals surface area contributed by atoms with E-state index in [2.05, 4.69) is 19.0 Å². The van der Waals surface area contributed by atoms with E-state index in [1.54, 1.807) is 0 Å². The monoisotopic (exact) mass is 195 g/mol. The molecule has 0 spiro atoms. The number of carbonyl (C=O) groups excluding carboxylic acids is 1. The lowest BCUT2D eigenvalue weighted by Gasteiger charge is -2.31. The Morgan fingerprint density at radius 1 is 1.21 bits per heavy atom. The third-order valence-electron chi connectivity index (χ3n) is 3.90. The molecule has 0 heterocycles. The van der Waals surface area contributed by atoms with Crippen LogP contribution < -0.4 is 0 Å². The number of hydrogen-bond donors (Lipinski definition) is 0. The largest absolute Gasteiger partial charge is 0.309 e. The highest BCUT2D eigenvalue weighted by Gasteiger charge is 2.40. The fourth-order valence-electron chi connectivity index (χ4n) is 3.24. The minimum Gasteiger partial charge on any atom is -0.309 e. The van der Waals surface area contributed by atoms with E-state index in [1.165, 1.54) is 25.7 Å². The average molecular weight is 195 g/mol. The summed E-state index contributed by atoms with van der Waals surface area (Å²) in [6.45, 7) is 0.960. The van der Waals surface area contributed by atoms with Crippen molar-refractivity contribution in [3.8, 4) is 0 Å². The summed E-state index contributed by atoms with van der Waals surface area (Å²) in [6, 6.07) is 0. The van der Waals surface area contributed by atoms with Gasteiger partial charge in [0.25, 0.3) is 0 Å². The molecule has 0 radical (unpaired) electrons. The van der Waals surface area contributed by atoms with Gasteiger partial charge in [-0.05, 0) is 45.7 Å². The first kappa shape index (κ1) is 10.2. The molecule has 2 heteroatoms. The average Bonchev–Trinajstić information content (AvgIpc) is 2.57. The maximum atomic E-state index is 12.1. The zero-order valence-electron chi connectivity index (χ0n) is 9.33. The van der Waals surface area contributed by atoms with Gasteiger partial charge < -0.3 is 4.90 Å². The second-order valence-corrected chi connectivity index (χ2v) is 5.24. The summed E-state index contributed by atoms with van der Waals surface area (Å²) in [7, 11) is 4.13. The van der Waals surface area contributed by atoms with Gasteiger partial charge in [0.1, 0.15) is 5.78 Å². The van der Waals surface area contributed by atoms with E-state index in [9.17, 15) is 4.79 Å². The summed E-state index contributed by atoms with van der Waals surface area (Å²) in [5, 5.41) is 0. The zero-order chi connectivity index (χ0) is 10.1. The van der Waals surface area contributed by atoms with Gasteiger partial charge in [0, 0.05) is 18.4 Å². The molecule has 2 rings (SSSR count). The van der Waals surface area contributed by atoms with Gasteiger partial charge in [-0.1, -0.05) is 6.42 Å². The number of Topliss-reactive ketones (excluding diaryl/α,β-unsaturated/α-hetero) is 1. The van der Waals surface area contributed by atoms with Gasteiger partial charge in [-0.3, -0.25) is 4.79 Å². The van der Waals surface area contributed by atoms with Crippen LogP contribution in [0.3, 0.4) is 0 Å². The Labute approximate surface area is 86.7 Å². The van der Waals surface area contributed by atoms with Crippen molar-refractivity contribution in [1.29, 1.82) is 0 Å². The lowest BCUT2D eigenvalue weighted by atomic mass is 9.74. The molecule has 3 atom stereocenters. The molecule has 2 aliphatic rings. The Bertz CT molecular complexity index is 224. The number of nitrogens with zero attached hydrogens (tertiary/aromatic N) is 1. The van der Waals surface area contributed by atoms with Crippen LogP contribution in [-0.2, 0) is 4.79 Å². The summed E-state index contributed by atoms with van der Waals surface area (Å²) in [6.07, 6.45) is 6.21. The third-order valence-corrected chi connectivity index (χ3v) is 3.90. The first-order chi connectivity index (χ1) is 6.68. The van der Waals surface area contributed by atoms with Crippen molar-refractivity contribution in [3.05, 3.63) is 0 Å². The third kappa shape index (κ3) is 1.85. The van der Waals surface area contributed by atoms with Gasteiger partial charge in [-0.15, -0.1) is 0 Å². The van der Waals surface area contributed by atoms with Gasteiger partial charge in [-0.25, -0.2) is 0 Å². The van der Waals surface area contributed by atoms with Crippen molar-refractivity contribution in [2.45, 2.75) is 32.1 Å². The summed E-state index contributed by atoms with van der Waals surface area (Å²) in [5.74, 6) is 2.10.